The minimum atomic E-state index is 0.0799. The Bertz CT molecular complexity index is 509. The number of hydrogen-bond donors (Lipinski definition) is 2. The molecule has 8 nitrogen and oxygen atoms in total. The van der Waals surface area contributed by atoms with E-state index in [-0.39, 0.29) is 11.4 Å². The number of piperidine rings is 1. The first-order chi connectivity index (χ1) is 13.4. The van der Waals surface area contributed by atoms with Gasteiger partial charge in [-0.15, -0.1) is 0 Å². The van der Waals surface area contributed by atoms with E-state index in [1.165, 1.54) is 0 Å². The standard InChI is InChI=1S/C20H40N6O2/c1-6-21-19(22-16-20(25(4)5)9-13-28-14-10-20)23-17-7-11-26(12-8-17)15-18(27)24(2)3/h17H,6-16H2,1-5H3,(H2,21,22,23). The number of nitrogens with one attached hydrogen (secondary N) is 2. The van der Waals surface area contributed by atoms with Crippen LogP contribution in [0.5, 0.6) is 0 Å². The SMILES string of the molecule is CCNC(=NCC1(N(C)C)CCOCC1)NC1CCN(CC(=O)N(C)C)CC1. The molecule has 0 aromatic heterocycles. The van der Waals surface area contributed by atoms with Crippen LogP contribution in [0.4, 0.5) is 0 Å². The van der Waals surface area contributed by atoms with Crippen molar-refractivity contribution in [3.63, 3.8) is 0 Å². The Morgan fingerprint density at radius 3 is 2.36 bits per heavy atom. The molecule has 2 heterocycles. The van der Waals surface area contributed by atoms with Crippen molar-refractivity contribution in [2.45, 2.75) is 44.2 Å². The second kappa shape index (κ2) is 11.0. The van der Waals surface area contributed by atoms with Crippen molar-refractivity contribution in [2.24, 2.45) is 4.99 Å². The van der Waals surface area contributed by atoms with E-state index in [1.807, 2.05) is 14.1 Å². The molecule has 2 rings (SSSR count). The molecule has 2 fully saturated rings. The summed E-state index contributed by atoms with van der Waals surface area (Å²) in [7, 11) is 7.92. The van der Waals surface area contributed by atoms with E-state index < -0.39 is 0 Å². The van der Waals surface area contributed by atoms with Crippen molar-refractivity contribution in [3.8, 4) is 0 Å². The van der Waals surface area contributed by atoms with Gasteiger partial charge in [0.25, 0.3) is 0 Å². The van der Waals surface area contributed by atoms with E-state index in [9.17, 15) is 4.79 Å². The fraction of sp³-hybridized carbons (Fsp3) is 0.900. The Hall–Kier alpha value is -1.38. The smallest absolute Gasteiger partial charge is 0.236 e. The molecule has 0 unspecified atom stereocenters. The lowest BCUT2D eigenvalue weighted by Crippen LogP contribution is -2.53. The van der Waals surface area contributed by atoms with E-state index in [0.29, 0.717) is 12.6 Å². The number of nitrogens with zero attached hydrogens (tertiary/aromatic N) is 4. The zero-order chi connectivity index (χ0) is 20.6. The van der Waals surface area contributed by atoms with Gasteiger partial charge in [0.1, 0.15) is 0 Å². The van der Waals surface area contributed by atoms with Crippen molar-refractivity contribution in [3.05, 3.63) is 0 Å². The van der Waals surface area contributed by atoms with Gasteiger partial charge >= 0.3 is 0 Å². The van der Waals surface area contributed by atoms with Crippen LogP contribution in [0.3, 0.4) is 0 Å². The van der Waals surface area contributed by atoms with Gasteiger partial charge in [-0.1, -0.05) is 0 Å². The average molecular weight is 397 g/mol. The highest BCUT2D eigenvalue weighted by atomic mass is 16.5. The number of hydrogen-bond acceptors (Lipinski definition) is 5. The Labute approximate surface area is 170 Å². The Morgan fingerprint density at radius 2 is 1.82 bits per heavy atom. The number of carbonyl (C=O) groups is 1. The molecular formula is C20H40N6O2. The summed E-state index contributed by atoms with van der Waals surface area (Å²) < 4.78 is 5.56. The monoisotopic (exact) mass is 396 g/mol. The molecule has 2 saturated heterocycles. The third-order valence-electron chi connectivity index (χ3n) is 6.03. The van der Waals surface area contributed by atoms with Gasteiger partial charge in [-0.05, 0) is 46.7 Å². The Kier molecular flexibility index (Phi) is 8.98. The van der Waals surface area contributed by atoms with Gasteiger partial charge in [0, 0.05) is 58.5 Å². The normalized spacial score (nSPS) is 21.6. The van der Waals surface area contributed by atoms with Crippen LogP contribution in [0.1, 0.15) is 32.6 Å². The quantitative estimate of drug-likeness (QED) is 0.473. The number of likely N-dealkylation sites (N-methyl/N-ethyl adjacent to an activating group) is 2. The molecule has 0 atom stereocenters. The number of rotatable bonds is 7. The van der Waals surface area contributed by atoms with Crippen LogP contribution in [0.25, 0.3) is 0 Å². The van der Waals surface area contributed by atoms with Gasteiger partial charge in [0.15, 0.2) is 5.96 Å². The first-order valence-corrected chi connectivity index (χ1v) is 10.6. The van der Waals surface area contributed by atoms with Gasteiger partial charge in [-0.25, -0.2) is 0 Å². The van der Waals surface area contributed by atoms with E-state index in [1.54, 1.807) is 4.90 Å². The molecule has 2 N–H and O–H groups in total. The number of carbonyl (C=O) groups excluding carboxylic acids is 1. The summed E-state index contributed by atoms with van der Waals surface area (Å²) in [5.74, 6) is 1.07. The fourth-order valence-electron chi connectivity index (χ4n) is 3.81. The van der Waals surface area contributed by atoms with Crippen LogP contribution in [0, 0.1) is 0 Å². The summed E-state index contributed by atoms with van der Waals surface area (Å²) in [6, 6.07) is 0.397. The maximum atomic E-state index is 11.9. The molecule has 8 heteroatoms. The Balaban J connectivity index is 1.88. The fourth-order valence-corrected chi connectivity index (χ4v) is 3.81. The number of ether oxygens (including phenoxy) is 1. The van der Waals surface area contributed by atoms with Crippen molar-refractivity contribution in [1.82, 2.24) is 25.3 Å². The van der Waals surface area contributed by atoms with E-state index in [2.05, 4.69) is 41.5 Å². The lowest BCUT2D eigenvalue weighted by atomic mass is 9.89. The van der Waals surface area contributed by atoms with Crippen molar-refractivity contribution in [1.29, 1.82) is 0 Å². The summed E-state index contributed by atoms with van der Waals surface area (Å²) in [6.07, 6.45) is 4.08. The van der Waals surface area contributed by atoms with Crippen LogP contribution >= 0.6 is 0 Å². The summed E-state index contributed by atoms with van der Waals surface area (Å²) >= 11 is 0. The molecule has 0 saturated carbocycles. The highest BCUT2D eigenvalue weighted by Gasteiger charge is 2.34. The molecule has 0 aliphatic carbocycles. The molecule has 2 aliphatic heterocycles. The van der Waals surface area contributed by atoms with Gasteiger partial charge in [-0.3, -0.25) is 14.7 Å². The molecule has 1 amide bonds. The first-order valence-electron chi connectivity index (χ1n) is 10.6. The zero-order valence-electron chi connectivity index (χ0n) is 18.5. The summed E-state index contributed by atoms with van der Waals surface area (Å²) in [5.41, 5.74) is 0.0799. The number of aliphatic imine (C=N–C) groups is 1. The molecule has 0 aromatic rings. The predicted molar refractivity (Wildman–Crippen MR) is 114 cm³/mol. The molecule has 0 spiro atoms. The maximum absolute atomic E-state index is 11.9. The second-order valence-electron chi connectivity index (χ2n) is 8.41. The van der Waals surface area contributed by atoms with Gasteiger partial charge in [-0.2, -0.15) is 0 Å². The minimum absolute atomic E-state index is 0.0799. The molecule has 2 aliphatic rings. The lowest BCUT2D eigenvalue weighted by Gasteiger charge is -2.42. The van der Waals surface area contributed by atoms with Crippen molar-refractivity contribution >= 4 is 11.9 Å². The number of amides is 1. The molecule has 0 bridgehead atoms. The third-order valence-corrected chi connectivity index (χ3v) is 6.03. The van der Waals surface area contributed by atoms with Gasteiger partial charge in [0.2, 0.25) is 5.91 Å². The zero-order valence-corrected chi connectivity index (χ0v) is 18.5. The highest BCUT2D eigenvalue weighted by molar-refractivity contribution is 5.80. The third kappa shape index (κ3) is 6.60. The summed E-state index contributed by atoms with van der Waals surface area (Å²) in [5, 5.41) is 7.02. The summed E-state index contributed by atoms with van der Waals surface area (Å²) in [4.78, 5) is 23.1. The lowest BCUT2D eigenvalue weighted by molar-refractivity contribution is -0.130. The van der Waals surface area contributed by atoms with Crippen LogP contribution in [0.2, 0.25) is 0 Å². The van der Waals surface area contributed by atoms with Crippen molar-refractivity contribution in [2.75, 3.05) is 74.1 Å². The molecule has 28 heavy (non-hydrogen) atoms. The van der Waals surface area contributed by atoms with Crippen LogP contribution in [-0.4, -0.2) is 112 Å². The Morgan fingerprint density at radius 1 is 1.18 bits per heavy atom. The van der Waals surface area contributed by atoms with Crippen LogP contribution in [0.15, 0.2) is 4.99 Å². The van der Waals surface area contributed by atoms with Crippen LogP contribution < -0.4 is 10.6 Å². The topological polar surface area (TPSA) is 72.4 Å². The molecule has 0 radical (unpaired) electrons. The predicted octanol–water partition coefficient (Wildman–Crippen LogP) is 0.205. The average Bonchev–Trinajstić information content (AvgIpc) is 2.68. The molecule has 0 aromatic carbocycles. The van der Waals surface area contributed by atoms with Crippen LogP contribution in [-0.2, 0) is 9.53 Å². The minimum Gasteiger partial charge on any atom is -0.381 e. The van der Waals surface area contributed by atoms with E-state index >= 15 is 0 Å². The number of guanidine groups is 1. The second-order valence-corrected chi connectivity index (χ2v) is 8.41. The molecular weight excluding hydrogens is 356 g/mol. The number of likely N-dealkylation sites (tertiary alicyclic amines) is 1. The van der Waals surface area contributed by atoms with E-state index in [4.69, 9.17) is 9.73 Å². The first kappa shape index (κ1) is 22.9. The van der Waals surface area contributed by atoms with Crippen molar-refractivity contribution < 1.29 is 9.53 Å². The molecule has 162 valence electrons. The van der Waals surface area contributed by atoms with Gasteiger partial charge < -0.3 is 25.2 Å². The largest absolute Gasteiger partial charge is 0.381 e. The highest BCUT2D eigenvalue weighted by Crippen LogP contribution is 2.26. The summed E-state index contributed by atoms with van der Waals surface area (Å²) in [6.45, 7) is 7.73. The van der Waals surface area contributed by atoms with E-state index in [0.717, 1.165) is 71.0 Å². The maximum Gasteiger partial charge on any atom is 0.236 e. The van der Waals surface area contributed by atoms with Gasteiger partial charge in [0.05, 0.1) is 13.1 Å².